The number of aromatic hydroxyl groups is 1. The van der Waals surface area contributed by atoms with Crippen LogP contribution in [-0.2, 0) is 0 Å². The molecule has 0 aliphatic heterocycles. The average Bonchev–Trinajstić information content (AvgIpc) is 2.20. The van der Waals surface area contributed by atoms with E-state index in [0.717, 1.165) is 28.4 Å². The van der Waals surface area contributed by atoms with Crippen LogP contribution in [0.3, 0.4) is 0 Å². The summed E-state index contributed by atoms with van der Waals surface area (Å²) in [6.07, 6.45) is 1.91. The van der Waals surface area contributed by atoms with Crippen molar-refractivity contribution in [1.82, 2.24) is 0 Å². The Morgan fingerprint density at radius 1 is 1.31 bits per heavy atom. The molecule has 1 unspecified atom stereocenters. The molecule has 0 saturated heterocycles. The third-order valence-electron chi connectivity index (χ3n) is 2.75. The number of nitrogens with two attached hydrogens (primary N) is 1. The Morgan fingerprint density at radius 2 is 1.88 bits per heavy atom. The molecule has 0 aliphatic rings. The van der Waals surface area contributed by atoms with E-state index in [2.05, 4.69) is 36.7 Å². The van der Waals surface area contributed by atoms with Crippen molar-refractivity contribution < 1.29 is 5.11 Å². The minimum absolute atomic E-state index is 0.0833. The van der Waals surface area contributed by atoms with E-state index >= 15 is 0 Å². The van der Waals surface area contributed by atoms with E-state index < -0.39 is 0 Å². The molecule has 3 N–H and O–H groups in total. The van der Waals surface area contributed by atoms with Gasteiger partial charge in [-0.05, 0) is 30.0 Å². The first-order valence-corrected chi connectivity index (χ1v) is 6.54. The predicted octanol–water partition coefficient (Wildman–Crippen LogP) is 4.08. The van der Waals surface area contributed by atoms with Gasteiger partial charge >= 0.3 is 0 Å². The zero-order chi connectivity index (χ0) is 12.3. The van der Waals surface area contributed by atoms with Gasteiger partial charge in [0.15, 0.2) is 0 Å². The normalized spacial score (nSPS) is 13.1. The lowest BCUT2D eigenvalue weighted by atomic mass is 9.94. The van der Waals surface area contributed by atoms with E-state index in [4.69, 9.17) is 5.73 Å². The van der Waals surface area contributed by atoms with Crippen LogP contribution in [0.25, 0.3) is 0 Å². The second kappa shape index (κ2) is 5.69. The lowest BCUT2D eigenvalue weighted by molar-refractivity contribution is 0.448. The highest BCUT2D eigenvalue weighted by molar-refractivity contribution is 9.10. The molecule has 0 radical (unpaired) electrons. The molecule has 0 saturated carbocycles. The number of hydrogen-bond donors (Lipinski definition) is 2. The third-order valence-corrected chi connectivity index (χ3v) is 3.21. The summed E-state index contributed by atoms with van der Waals surface area (Å²) in [6.45, 7) is 6.23. The highest BCUT2D eigenvalue weighted by atomic mass is 79.9. The molecule has 16 heavy (non-hydrogen) atoms. The summed E-state index contributed by atoms with van der Waals surface area (Å²) >= 11 is 3.47. The van der Waals surface area contributed by atoms with E-state index in [1.54, 1.807) is 0 Å². The van der Waals surface area contributed by atoms with Crippen LogP contribution in [0.5, 0.6) is 5.75 Å². The summed E-state index contributed by atoms with van der Waals surface area (Å²) in [6, 6.07) is 3.80. The maximum atomic E-state index is 10.2. The molecule has 0 amide bonds. The first-order chi connectivity index (χ1) is 7.47. The molecule has 0 fully saturated rings. The summed E-state index contributed by atoms with van der Waals surface area (Å²) in [7, 11) is 0. The summed E-state index contributed by atoms with van der Waals surface area (Å²) in [5.41, 5.74) is 7.87. The molecule has 0 aromatic heterocycles. The fourth-order valence-corrected chi connectivity index (χ4v) is 2.32. The largest absolute Gasteiger partial charge is 0.507 e. The van der Waals surface area contributed by atoms with Gasteiger partial charge in [-0.1, -0.05) is 43.1 Å². The molecular weight excluding hydrogens is 266 g/mol. The molecule has 0 heterocycles. The van der Waals surface area contributed by atoms with E-state index in [9.17, 15) is 5.11 Å². The molecule has 0 aliphatic carbocycles. The van der Waals surface area contributed by atoms with E-state index in [1.165, 1.54) is 0 Å². The Morgan fingerprint density at radius 3 is 2.38 bits per heavy atom. The van der Waals surface area contributed by atoms with Gasteiger partial charge in [0.2, 0.25) is 0 Å². The van der Waals surface area contributed by atoms with Gasteiger partial charge in [0.05, 0.1) is 0 Å². The highest BCUT2D eigenvalue weighted by Crippen LogP contribution is 2.36. The van der Waals surface area contributed by atoms with Crippen LogP contribution in [0, 0.1) is 0 Å². The zero-order valence-corrected chi connectivity index (χ0v) is 11.7. The topological polar surface area (TPSA) is 46.2 Å². The Hall–Kier alpha value is -0.540. The summed E-state index contributed by atoms with van der Waals surface area (Å²) in [4.78, 5) is 0. The monoisotopic (exact) mass is 285 g/mol. The molecule has 1 aromatic carbocycles. The van der Waals surface area contributed by atoms with Gasteiger partial charge in [0, 0.05) is 16.1 Å². The van der Waals surface area contributed by atoms with Crippen molar-refractivity contribution in [3.05, 3.63) is 27.7 Å². The molecule has 0 bridgehead atoms. The Kier molecular flexibility index (Phi) is 4.81. The maximum absolute atomic E-state index is 10.2. The molecule has 2 nitrogen and oxygen atoms in total. The number of halogens is 1. The fourth-order valence-electron chi connectivity index (χ4n) is 1.83. The average molecular weight is 286 g/mol. The first kappa shape index (κ1) is 13.5. The van der Waals surface area contributed by atoms with Gasteiger partial charge in [-0.15, -0.1) is 0 Å². The van der Waals surface area contributed by atoms with Gasteiger partial charge in [-0.3, -0.25) is 0 Å². The standard InChI is InChI=1S/C13H20BrNO/c1-4-5-12(15)11-7-9(14)6-10(8(2)3)13(11)16/h6-8,12,16H,4-5,15H2,1-3H3. The second-order valence-corrected chi connectivity index (χ2v) is 5.40. The van der Waals surface area contributed by atoms with Crippen LogP contribution in [0.1, 0.15) is 56.7 Å². The van der Waals surface area contributed by atoms with Crippen molar-refractivity contribution in [2.75, 3.05) is 0 Å². The lowest BCUT2D eigenvalue weighted by Crippen LogP contribution is -2.11. The molecule has 90 valence electrons. The minimum Gasteiger partial charge on any atom is -0.507 e. The number of hydrogen-bond acceptors (Lipinski definition) is 2. The minimum atomic E-state index is -0.0833. The van der Waals surface area contributed by atoms with E-state index in [1.807, 2.05) is 12.1 Å². The molecule has 1 atom stereocenters. The van der Waals surface area contributed by atoms with E-state index in [0.29, 0.717) is 11.7 Å². The van der Waals surface area contributed by atoms with Crippen molar-refractivity contribution in [2.45, 2.75) is 45.6 Å². The predicted molar refractivity (Wildman–Crippen MR) is 71.7 cm³/mol. The summed E-state index contributed by atoms with van der Waals surface area (Å²) in [5.74, 6) is 0.657. The van der Waals surface area contributed by atoms with Crippen molar-refractivity contribution in [1.29, 1.82) is 0 Å². The van der Waals surface area contributed by atoms with Crippen LogP contribution in [-0.4, -0.2) is 5.11 Å². The van der Waals surface area contributed by atoms with Crippen LogP contribution >= 0.6 is 15.9 Å². The van der Waals surface area contributed by atoms with Gasteiger partial charge in [0.25, 0.3) is 0 Å². The molecular formula is C13H20BrNO. The fraction of sp³-hybridized carbons (Fsp3) is 0.538. The van der Waals surface area contributed by atoms with Crippen LogP contribution in [0.2, 0.25) is 0 Å². The highest BCUT2D eigenvalue weighted by Gasteiger charge is 2.16. The number of rotatable bonds is 4. The molecule has 1 aromatic rings. The third kappa shape index (κ3) is 2.98. The maximum Gasteiger partial charge on any atom is 0.123 e. The smallest absolute Gasteiger partial charge is 0.123 e. The number of phenols is 1. The zero-order valence-electron chi connectivity index (χ0n) is 10.1. The van der Waals surface area contributed by atoms with Gasteiger partial charge in [-0.2, -0.15) is 0 Å². The summed E-state index contributed by atoms with van der Waals surface area (Å²) < 4.78 is 0.982. The van der Waals surface area contributed by atoms with Crippen LogP contribution in [0.15, 0.2) is 16.6 Å². The van der Waals surface area contributed by atoms with Crippen molar-refractivity contribution in [2.24, 2.45) is 5.73 Å². The SMILES string of the molecule is CCCC(N)c1cc(Br)cc(C(C)C)c1O. The van der Waals surface area contributed by atoms with Crippen LogP contribution in [0.4, 0.5) is 0 Å². The van der Waals surface area contributed by atoms with E-state index in [-0.39, 0.29) is 6.04 Å². The quantitative estimate of drug-likeness (QED) is 0.876. The Balaban J connectivity index is 3.18. The lowest BCUT2D eigenvalue weighted by Gasteiger charge is -2.17. The second-order valence-electron chi connectivity index (χ2n) is 4.48. The van der Waals surface area contributed by atoms with Crippen LogP contribution < -0.4 is 5.73 Å². The number of benzene rings is 1. The number of phenolic OH excluding ortho intramolecular Hbond substituents is 1. The van der Waals surface area contributed by atoms with Gasteiger partial charge in [0.1, 0.15) is 5.75 Å². The van der Waals surface area contributed by atoms with Crippen molar-refractivity contribution in [3.8, 4) is 5.75 Å². The van der Waals surface area contributed by atoms with Gasteiger partial charge in [-0.25, -0.2) is 0 Å². The van der Waals surface area contributed by atoms with Gasteiger partial charge < -0.3 is 10.8 Å². The summed E-state index contributed by atoms with van der Waals surface area (Å²) in [5, 5.41) is 10.2. The Bertz CT molecular complexity index is 363. The first-order valence-electron chi connectivity index (χ1n) is 5.75. The molecule has 1 rings (SSSR count). The molecule has 3 heteroatoms. The van der Waals surface area contributed by atoms with Crippen molar-refractivity contribution in [3.63, 3.8) is 0 Å². The molecule has 0 spiro atoms. The Labute approximate surface area is 106 Å². The van der Waals surface area contributed by atoms with Crippen molar-refractivity contribution >= 4 is 15.9 Å².